The van der Waals surface area contributed by atoms with E-state index in [1.54, 1.807) is 0 Å². The molecule has 18 heavy (non-hydrogen) atoms. The zero-order valence-corrected chi connectivity index (χ0v) is 10.9. The van der Waals surface area contributed by atoms with Crippen molar-refractivity contribution in [2.24, 2.45) is 0 Å². The average molecular weight is 247 g/mol. The van der Waals surface area contributed by atoms with Gasteiger partial charge in [-0.3, -0.25) is 0 Å². The average Bonchev–Trinajstić information content (AvgIpc) is 2.36. The van der Waals surface area contributed by atoms with Crippen molar-refractivity contribution in [1.29, 1.82) is 0 Å². The fourth-order valence-corrected chi connectivity index (χ4v) is 2.54. The number of rotatable bonds is 3. The van der Waals surface area contributed by atoms with E-state index >= 15 is 0 Å². The van der Waals surface area contributed by atoms with Gasteiger partial charge in [0.05, 0.1) is 6.04 Å². The molecule has 0 unspecified atom stereocenters. The van der Waals surface area contributed by atoms with E-state index in [0.717, 1.165) is 19.0 Å². The van der Waals surface area contributed by atoms with Gasteiger partial charge >= 0.3 is 0 Å². The normalized spacial score (nSPS) is 22.7. The van der Waals surface area contributed by atoms with E-state index < -0.39 is 0 Å². The number of nitrogens with one attached hydrogen (secondary N) is 2. The monoisotopic (exact) mass is 247 g/mol. The highest BCUT2D eigenvalue weighted by Crippen LogP contribution is 2.26. The molecule has 3 heterocycles. The van der Waals surface area contributed by atoms with Crippen LogP contribution in [0.3, 0.4) is 0 Å². The number of piperidine rings is 1. The first-order valence-corrected chi connectivity index (χ1v) is 6.79. The molecular formula is C13H21N5. The minimum Gasteiger partial charge on any atom is -0.349 e. The van der Waals surface area contributed by atoms with Crippen LogP contribution in [0.15, 0.2) is 12.4 Å². The Hall–Kier alpha value is -1.20. The van der Waals surface area contributed by atoms with Crippen molar-refractivity contribution in [3.8, 4) is 0 Å². The second kappa shape index (κ2) is 5.20. The summed E-state index contributed by atoms with van der Waals surface area (Å²) in [6.45, 7) is 4.39. The molecular weight excluding hydrogens is 226 g/mol. The first-order valence-electron chi connectivity index (χ1n) is 6.79. The standard InChI is InChI=1S/C13H21N5/c1-18-4-2-10(3-5-18)11-6-15-13(16-7-11)17-12-8-14-9-12/h6-7,10,12,14H,2-5,8-9H2,1H3,(H,15,16,17). The lowest BCUT2D eigenvalue weighted by Gasteiger charge is -2.29. The summed E-state index contributed by atoms with van der Waals surface area (Å²) in [5.74, 6) is 1.40. The summed E-state index contributed by atoms with van der Waals surface area (Å²) >= 11 is 0. The van der Waals surface area contributed by atoms with Crippen LogP contribution in [0.5, 0.6) is 0 Å². The van der Waals surface area contributed by atoms with E-state index in [0.29, 0.717) is 12.0 Å². The molecule has 1 aromatic heterocycles. The quantitative estimate of drug-likeness (QED) is 0.822. The van der Waals surface area contributed by atoms with Crippen molar-refractivity contribution in [3.05, 3.63) is 18.0 Å². The molecule has 0 aliphatic carbocycles. The van der Waals surface area contributed by atoms with Crippen molar-refractivity contribution in [1.82, 2.24) is 20.2 Å². The Morgan fingerprint density at radius 3 is 2.44 bits per heavy atom. The molecule has 2 aliphatic rings. The maximum atomic E-state index is 4.43. The second-order valence-electron chi connectivity index (χ2n) is 5.42. The van der Waals surface area contributed by atoms with Crippen molar-refractivity contribution in [2.45, 2.75) is 24.8 Å². The van der Waals surface area contributed by atoms with E-state index in [1.807, 2.05) is 12.4 Å². The van der Waals surface area contributed by atoms with Gasteiger partial charge in [-0.15, -0.1) is 0 Å². The third kappa shape index (κ3) is 2.62. The van der Waals surface area contributed by atoms with Crippen molar-refractivity contribution >= 4 is 5.95 Å². The van der Waals surface area contributed by atoms with Gasteiger partial charge in [-0.2, -0.15) is 0 Å². The maximum absolute atomic E-state index is 4.43. The number of likely N-dealkylation sites (tertiary alicyclic amines) is 1. The summed E-state index contributed by atoms with van der Waals surface area (Å²) in [4.78, 5) is 11.2. The van der Waals surface area contributed by atoms with Crippen LogP contribution in [-0.2, 0) is 0 Å². The molecule has 2 fully saturated rings. The van der Waals surface area contributed by atoms with Crippen LogP contribution in [0.1, 0.15) is 24.3 Å². The van der Waals surface area contributed by atoms with Crippen molar-refractivity contribution < 1.29 is 0 Å². The molecule has 0 amide bonds. The largest absolute Gasteiger partial charge is 0.349 e. The van der Waals surface area contributed by atoms with Crippen molar-refractivity contribution in [2.75, 3.05) is 38.5 Å². The minimum atomic E-state index is 0.499. The van der Waals surface area contributed by atoms with E-state index in [-0.39, 0.29) is 0 Å². The van der Waals surface area contributed by atoms with Crippen LogP contribution >= 0.6 is 0 Å². The predicted molar refractivity (Wildman–Crippen MR) is 71.8 cm³/mol. The molecule has 0 bridgehead atoms. The van der Waals surface area contributed by atoms with Gasteiger partial charge < -0.3 is 15.5 Å². The molecule has 5 nitrogen and oxygen atoms in total. The van der Waals surface area contributed by atoms with Crippen LogP contribution in [0.2, 0.25) is 0 Å². The third-order valence-corrected chi connectivity index (χ3v) is 3.98. The van der Waals surface area contributed by atoms with Gasteiger partial charge in [0.2, 0.25) is 5.95 Å². The molecule has 2 saturated heterocycles. The van der Waals surface area contributed by atoms with E-state index in [1.165, 1.54) is 31.5 Å². The maximum Gasteiger partial charge on any atom is 0.222 e. The Bertz CT molecular complexity index is 379. The van der Waals surface area contributed by atoms with E-state index in [9.17, 15) is 0 Å². The first-order chi connectivity index (χ1) is 8.81. The predicted octanol–water partition coefficient (Wildman–Crippen LogP) is 0.669. The highest BCUT2D eigenvalue weighted by atomic mass is 15.2. The smallest absolute Gasteiger partial charge is 0.222 e. The Kier molecular flexibility index (Phi) is 3.43. The zero-order chi connectivity index (χ0) is 12.4. The van der Waals surface area contributed by atoms with Gasteiger partial charge in [-0.1, -0.05) is 0 Å². The lowest BCUT2D eigenvalue weighted by Crippen LogP contribution is -2.51. The van der Waals surface area contributed by atoms with Crippen LogP contribution in [0.4, 0.5) is 5.95 Å². The highest BCUT2D eigenvalue weighted by Gasteiger charge is 2.20. The van der Waals surface area contributed by atoms with Crippen LogP contribution in [-0.4, -0.2) is 54.1 Å². The van der Waals surface area contributed by atoms with E-state index in [4.69, 9.17) is 0 Å². The molecule has 2 N–H and O–H groups in total. The molecule has 98 valence electrons. The third-order valence-electron chi connectivity index (χ3n) is 3.98. The van der Waals surface area contributed by atoms with Crippen LogP contribution in [0, 0.1) is 0 Å². The molecule has 0 atom stereocenters. The van der Waals surface area contributed by atoms with Crippen LogP contribution in [0.25, 0.3) is 0 Å². The molecule has 0 radical (unpaired) electrons. The summed E-state index contributed by atoms with van der Waals surface area (Å²) in [7, 11) is 2.19. The Morgan fingerprint density at radius 2 is 1.89 bits per heavy atom. The van der Waals surface area contributed by atoms with Gasteiger partial charge in [-0.25, -0.2) is 9.97 Å². The second-order valence-corrected chi connectivity index (χ2v) is 5.42. The molecule has 0 spiro atoms. The fraction of sp³-hybridized carbons (Fsp3) is 0.692. The molecule has 0 aromatic carbocycles. The summed E-state index contributed by atoms with van der Waals surface area (Å²) in [6, 6.07) is 0.499. The van der Waals surface area contributed by atoms with Gasteiger partial charge in [0.15, 0.2) is 0 Å². The Morgan fingerprint density at radius 1 is 1.22 bits per heavy atom. The number of hydrogen-bond donors (Lipinski definition) is 2. The molecule has 5 heteroatoms. The first kappa shape index (κ1) is 11.9. The zero-order valence-electron chi connectivity index (χ0n) is 10.9. The summed E-state index contributed by atoms with van der Waals surface area (Å²) in [5.41, 5.74) is 1.29. The Balaban J connectivity index is 1.59. The van der Waals surface area contributed by atoms with Gasteiger partial charge in [0.25, 0.3) is 0 Å². The Labute approximate surface area is 108 Å². The molecule has 1 aromatic rings. The summed E-state index contributed by atoms with van der Waals surface area (Å²) in [5, 5.41) is 6.55. The number of anilines is 1. The fourth-order valence-electron chi connectivity index (χ4n) is 2.54. The lowest BCUT2D eigenvalue weighted by atomic mass is 9.92. The summed E-state index contributed by atoms with van der Waals surface area (Å²) in [6.07, 6.45) is 6.44. The van der Waals surface area contributed by atoms with Crippen molar-refractivity contribution in [3.63, 3.8) is 0 Å². The van der Waals surface area contributed by atoms with Gasteiger partial charge in [0.1, 0.15) is 0 Å². The number of nitrogens with zero attached hydrogens (tertiary/aromatic N) is 3. The van der Waals surface area contributed by atoms with Crippen LogP contribution < -0.4 is 10.6 Å². The lowest BCUT2D eigenvalue weighted by molar-refractivity contribution is 0.255. The molecule has 2 aliphatic heterocycles. The van der Waals surface area contributed by atoms with E-state index in [2.05, 4.69) is 32.5 Å². The SMILES string of the molecule is CN1CCC(c2cnc(NC3CNC3)nc2)CC1. The topological polar surface area (TPSA) is 53.1 Å². The highest BCUT2D eigenvalue weighted by molar-refractivity contribution is 5.29. The summed E-state index contributed by atoms with van der Waals surface area (Å²) < 4.78 is 0. The number of hydrogen-bond acceptors (Lipinski definition) is 5. The minimum absolute atomic E-state index is 0.499. The number of aromatic nitrogens is 2. The molecule has 0 saturated carbocycles. The van der Waals surface area contributed by atoms with Gasteiger partial charge in [-0.05, 0) is 44.5 Å². The van der Waals surface area contributed by atoms with Gasteiger partial charge in [0, 0.05) is 25.5 Å². The molecule has 3 rings (SSSR count).